The van der Waals surface area contributed by atoms with Crippen LogP contribution in [0.5, 0.6) is 11.5 Å². The number of phenolic OH excluding ortho intramolecular Hbond substituents is 1. The Hall–Kier alpha value is -2.01. The Morgan fingerprint density at radius 2 is 2.00 bits per heavy atom. The number of benzene rings is 2. The average Bonchev–Trinajstić information content (AvgIpc) is 2.42. The summed E-state index contributed by atoms with van der Waals surface area (Å²) in [5.74, 6) is 0.304. The molecule has 2 N–H and O–H groups in total. The van der Waals surface area contributed by atoms with E-state index in [-0.39, 0.29) is 11.7 Å². The Bertz CT molecular complexity index is 656. The molecule has 0 radical (unpaired) electrons. The monoisotopic (exact) mass is 335 g/mol. The van der Waals surface area contributed by atoms with Crippen molar-refractivity contribution < 1.29 is 14.6 Å². The molecule has 2 rings (SSSR count). The molecule has 4 nitrogen and oxygen atoms in total. The quantitative estimate of drug-likeness (QED) is 0.840. The van der Waals surface area contributed by atoms with E-state index in [4.69, 9.17) is 4.74 Å². The van der Waals surface area contributed by atoms with E-state index < -0.39 is 0 Å². The van der Waals surface area contributed by atoms with Crippen LogP contribution >= 0.6 is 15.9 Å². The first-order chi connectivity index (χ1) is 9.51. The van der Waals surface area contributed by atoms with Crippen LogP contribution in [0.25, 0.3) is 0 Å². The van der Waals surface area contributed by atoms with Gasteiger partial charge in [0, 0.05) is 4.47 Å². The van der Waals surface area contributed by atoms with Gasteiger partial charge in [0.1, 0.15) is 11.5 Å². The zero-order chi connectivity index (χ0) is 14.7. The van der Waals surface area contributed by atoms with E-state index in [2.05, 4.69) is 21.2 Å². The first-order valence-electron chi connectivity index (χ1n) is 5.96. The fraction of sp³-hybridized carbons (Fsp3) is 0.133. The third-order valence-electron chi connectivity index (χ3n) is 2.82. The SMILES string of the molecule is COc1ccc(Br)c(C(=O)Nc2ccc(C)cc2O)c1. The molecule has 20 heavy (non-hydrogen) atoms. The minimum atomic E-state index is -0.324. The number of carbonyl (C=O) groups excluding carboxylic acids is 1. The molecule has 104 valence electrons. The molecule has 0 aliphatic heterocycles. The van der Waals surface area contributed by atoms with E-state index in [9.17, 15) is 9.90 Å². The van der Waals surface area contributed by atoms with Crippen molar-refractivity contribution in [3.05, 3.63) is 52.0 Å². The Labute approximate surface area is 125 Å². The number of aromatic hydroxyl groups is 1. The number of hydrogen-bond donors (Lipinski definition) is 2. The van der Waals surface area contributed by atoms with Crippen LogP contribution < -0.4 is 10.1 Å². The molecule has 0 bridgehead atoms. The first-order valence-corrected chi connectivity index (χ1v) is 6.75. The molecule has 0 aliphatic rings. The topological polar surface area (TPSA) is 58.6 Å². The smallest absolute Gasteiger partial charge is 0.257 e. The second-order valence-electron chi connectivity index (χ2n) is 4.32. The lowest BCUT2D eigenvalue weighted by molar-refractivity contribution is 0.102. The van der Waals surface area contributed by atoms with E-state index in [0.717, 1.165) is 5.56 Å². The predicted octanol–water partition coefficient (Wildman–Crippen LogP) is 3.72. The van der Waals surface area contributed by atoms with Crippen molar-refractivity contribution >= 4 is 27.5 Å². The summed E-state index contributed by atoms with van der Waals surface area (Å²) < 4.78 is 5.75. The summed E-state index contributed by atoms with van der Waals surface area (Å²) in [6, 6.07) is 10.2. The average molecular weight is 336 g/mol. The molecule has 0 heterocycles. The van der Waals surface area contributed by atoms with Crippen molar-refractivity contribution in [2.75, 3.05) is 12.4 Å². The summed E-state index contributed by atoms with van der Waals surface area (Å²) in [6.07, 6.45) is 0. The molecule has 2 aromatic rings. The van der Waals surface area contributed by atoms with Crippen molar-refractivity contribution in [1.29, 1.82) is 0 Å². The van der Waals surface area contributed by atoms with Gasteiger partial charge in [-0.1, -0.05) is 6.07 Å². The summed E-state index contributed by atoms with van der Waals surface area (Å²) in [5, 5.41) is 12.5. The molecule has 1 amide bonds. The Balaban J connectivity index is 2.28. The highest BCUT2D eigenvalue weighted by atomic mass is 79.9. The fourth-order valence-corrected chi connectivity index (χ4v) is 2.17. The van der Waals surface area contributed by atoms with Gasteiger partial charge >= 0.3 is 0 Å². The molecule has 0 unspecified atom stereocenters. The van der Waals surface area contributed by atoms with Crippen LogP contribution in [0.15, 0.2) is 40.9 Å². The number of hydrogen-bond acceptors (Lipinski definition) is 3. The van der Waals surface area contributed by atoms with Gasteiger partial charge in [-0.2, -0.15) is 0 Å². The molecule has 0 fully saturated rings. The van der Waals surface area contributed by atoms with Gasteiger partial charge in [-0.25, -0.2) is 0 Å². The number of aryl methyl sites for hydroxylation is 1. The molecule has 0 saturated heterocycles. The standard InChI is InChI=1S/C15H14BrNO3/c1-9-3-6-13(14(18)7-9)17-15(19)11-8-10(20-2)4-5-12(11)16/h3-8,18H,1-2H3,(H,17,19). The summed E-state index contributed by atoms with van der Waals surface area (Å²) in [4.78, 5) is 12.2. The molecule has 0 aliphatic carbocycles. The lowest BCUT2D eigenvalue weighted by atomic mass is 10.1. The number of anilines is 1. The lowest BCUT2D eigenvalue weighted by Crippen LogP contribution is -2.12. The maximum atomic E-state index is 12.2. The predicted molar refractivity (Wildman–Crippen MR) is 81.5 cm³/mol. The van der Waals surface area contributed by atoms with Crippen molar-refractivity contribution in [1.82, 2.24) is 0 Å². The van der Waals surface area contributed by atoms with Gasteiger partial charge < -0.3 is 15.2 Å². The van der Waals surface area contributed by atoms with E-state index in [0.29, 0.717) is 21.5 Å². The van der Waals surface area contributed by atoms with Crippen LogP contribution in [0.4, 0.5) is 5.69 Å². The maximum Gasteiger partial charge on any atom is 0.257 e. The highest BCUT2D eigenvalue weighted by Crippen LogP contribution is 2.27. The third kappa shape index (κ3) is 3.11. The van der Waals surface area contributed by atoms with Gasteiger partial charge in [-0.3, -0.25) is 4.79 Å². The summed E-state index contributed by atoms with van der Waals surface area (Å²) in [5.41, 5.74) is 1.72. The first kappa shape index (κ1) is 14.4. The summed E-state index contributed by atoms with van der Waals surface area (Å²) in [6.45, 7) is 1.87. The normalized spacial score (nSPS) is 10.2. The minimum absolute atomic E-state index is 0.0392. The molecule has 0 spiro atoms. The highest BCUT2D eigenvalue weighted by molar-refractivity contribution is 9.10. The number of amides is 1. The highest BCUT2D eigenvalue weighted by Gasteiger charge is 2.13. The molecule has 0 atom stereocenters. The van der Waals surface area contributed by atoms with E-state index in [1.54, 1.807) is 30.3 Å². The fourth-order valence-electron chi connectivity index (χ4n) is 1.74. The van der Waals surface area contributed by atoms with Crippen molar-refractivity contribution in [3.8, 4) is 11.5 Å². The van der Waals surface area contributed by atoms with Gasteiger partial charge in [-0.15, -0.1) is 0 Å². The number of ether oxygens (including phenoxy) is 1. The zero-order valence-corrected chi connectivity index (χ0v) is 12.7. The van der Waals surface area contributed by atoms with Crippen molar-refractivity contribution in [3.63, 3.8) is 0 Å². The van der Waals surface area contributed by atoms with Gasteiger partial charge in [0.05, 0.1) is 18.4 Å². The Morgan fingerprint density at radius 1 is 1.25 bits per heavy atom. The van der Waals surface area contributed by atoms with Crippen molar-refractivity contribution in [2.24, 2.45) is 0 Å². The number of methoxy groups -OCH3 is 1. The second kappa shape index (κ2) is 5.96. The van der Waals surface area contributed by atoms with Gasteiger partial charge in [-0.05, 0) is 58.7 Å². The van der Waals surface area contributed by atoms with Gasteiger partial charge in [0.25, 0.3) is 5.91 Å². The molecular weight excluding hydrogens is 322 g/mol. The summed E-state index contributed by atoms with van der Waals surface area (Å²) in [7, 11) is 1.54. The van der Waals surface area contributed by atoms with E-state index in [1.165, 1.54) is 7.11 Å². The van der Waals surface area contributed by atoms with Crippen LogP contribution in [0, 0.1) is 6.92 Å². The van der Waals surface area contributed by atoms with Crippen LogP contribution in [0.2, 0.25) is 0 Å². The number of phenols is 1. The largest absolute Gasteiger partial charge is 0.506 e. The van der Waals surface area contributed by atoms with E-state index >= 15 is 0 Å². The lowest BCUT2D eigenvalue weighted by Gasteiger charge is -2.10. The zero-order valence-electron chi connectivity index (χ0n) is 11.1. The summed E-state index contributed by atoms with van der Waals surface area (Å²) >= 11 is 3.32. The Kier molecular flexibility index (Phi) is 4.29. The number of carbonyl (C=O) groups is 1. The number of rotatable bonds is 3. The molecule has 0 aromatic heterocycles. The van der Waals surface area contributed by atoms with E-state index in [1.807, 2.05) is 13.0 Å². The maximum absolute atomic E-state index is 12.2. The second-order valence-corrected chi connectivity index (χ2v) is 5.17. The van der Waals surface area contributed by atoms with Crippen LogP contribution in [0.3, 0.4) is 0 Å². The van der Waals surface area contributed by atoms with Crippen molar-refractivity contribution in [2.45, 2.75) is 6.92 Å². The van der Waals surface area contributed by atoms with Crippen LogP contribution in [-0.4, -0.2) is 18.1 Å². The molecule has 0 saturated carbocycles. The number of halogens is 1. The minimum Gasteiger partial charge on any atom is -0.506 e. The molecule has 2 aromatic carbocycles. The third-order valence-corrected chi connectivity index (χ3v) is 3.51. The van der Waals surface area contributed by atoms with Gasteiger partial charge in [0.15, 0.2) is 0 Å². The molecule has 5 heteroatoms. The molecular formula is C15H14BrNO3. The van der Waals surface area contributed by atoms with Crippen LogP contribution in [0.1, 0.15) is 15.9 Å². The number of nitrogens with one attached hydrogen (secondary N) is 1. The van der Waals surface area contributed by atoms with Gasteiger partial charge in [0.2, 0.25) is 0 Å². The van der Waals surface area contributed by atoms with Crippen LogP contribution in [-0.2, 0) is 0 Å². The Morgan fingerprint density at radius 3 is 2.65 bits per heavy atom.